The van der Waals surface area contributed by atoms with E-state index in [0.717, 1.165) is 34.3 Å². The molecule has 0 spiro atoms. The molecule has 0 bridgehead atoms. The van der Waals surface area contributed by atoms with E-state index >= 15 is 0 Å². The van der Waals surface area contributed by atoms with Crippen LogP contribution in [0.4, 0.5) is 4.39 Å². The third-order valence-corrected chi connectivity index (χ3v) is 3.54. The van der Waals surface area contributed by atoms with Crippen molar-refractivity contribution in [3.63, 3.8) is 0 Å². The number of nitrogens with zero attached hydrogens (tertiary/aromatic N) is 1. The van der Waals surface area contributed by atoms with Gasteiger partial charge in [0.15, 0.2) is 4.77 Å². The van der Waals surface area contributed by atoms with Gasteiger partial charge in [-0.3, -0.25) is 0 Å². The van der Waals surface area contributed by atoms with Crippen LogP contribution in [0.5, 0.6) is 0 Å². The number of nitrogens with one attached hydrogen (secondary N) is 1. The Balaban J connectivity index is 1.87. The van der Waals surface area contributed by atoms with Crippen LogP contribution in [0.3, 0.4) is 0 Å². The average molecular weight is 272 g/mol. The molecule has 1 aromatic heterocycles. The lowest BCUT2D eigenvalue weighted by Gasteiger charge is -2.04. The van der Waals surface area contributed by atoms with Gasteiger partial charge < -0.3 is 9.55 Å². The lowest BCUT2D eigenvalue weighted by molar-refractivity contribution is 0.625. The molecule has 0 aliphatic carbocycles. The Hall–Kier alpha value is -1.94. The fraction of sp³-hybridized carbons (Fsp3) is 0.133. The molecule has 96 valence electrons. The highest BCUT2D eigenvalue weighted by Gasteiger charge is 2.03. The zero-order valence-electron chi connectivity index (χ0n) is 10.3. The van der Waals surface area contributed by atoms with Gasteiger partial charge in [0.05, 0.1) is 11.0 Å². The number of para-hydroxylation sites is 2. The second-order valence-corrected chi connectivity index (χ2v) is 4.86. The normalized spacial score (nSPS) is 11.0. The Morgan fingerprint density at radius 2 is 1.79 bits per heavy atom. The van der Waals surface area contributed by atoms with Gasteiger partial charge in [-0.05, 0) is 48.5 Å². The molecule has 0 saturated carbocycles. The number of H-pyrrole nitrogens is 1. The molecule has 1 heterocycles. The van der Waals surface area contributed by atoms with Crippen LogP contribution in [-0.2, 0) is 13.0 Å². The van der Waals surface area contributed by atoms with E-state index in [1.54, 1.807) is 0 Å². The van der Waals surface area contributed by atoms with Gasteiger partial charge in [0, 0.05) is 6.54 Å². The second kappa shape index (κ2) is 4.97. The molecular weight excluding hydrogens is 259 g/mol. The SMILES string of the molecule is Fc1ccc(CCn2c(=S)[nH]c3ccccc32)cc1. The quantitative estimate of drug-likeness (QED) is 0.712. The minimum atomic E-state index is -0.201. The molecule has 0 fully saturated rings. The van der Waals surface area contributed by atoms with Crippen molar-refractivity contribution in [1.82, 2.24) is 9.55 Å². The van der Waals surface area contributed by atoms with Crippen LogP contribution < -0.4 is 0 Å². The van der Waals surface area contributed by atoms with Crippen molar-refractivity contribution < 1.29 is 4.39 Å². The molecule has 0 unspecified atom stereocenters. The molecule has 2 aromatic carbocycles. The second-order valence-electron chi connectivity index (χ2n) is 4.48. The summed E-state index contributed by atoms with van der Waals surface area (Å²) in [4.78, 5) is 3.19. The van der Waals surface area contributed by atoms with E-state index in [-0.39, 0.29) is 5.82 Å². The van der Waals surface area contributed by atoms with Crippen LogP contribution >= 0.6 is 12.2 Å². The average Bonchev–Trinajstić information content (AvgIpc) is 2.74. The van der Waals surface area contributed by atoms with Gasteiger partial charge in [-0.25, -0.2) is 4.39 Å². The number of imidazole rings is 1. The zero-order chi connectivity index (χ0) is 13.2. The maximum atomic E-state index is 12.8. The Labute approximate surface area is 115 Å². The van der Waals surface area contributed by atoms with Gasteiger partial charge in [-0.2, -0.15) is 0 Å². The van der Waals surface area contributed by atoms with Crippen molar-refractivity contribution in [1.29, 1.82) is 0 Å². The topological polar surface area (TPSA) is 20.7 Å². The van der Waals surface area contributed by atoms with Crippen molar-refractivity contribution >= 4 is 23.3 Å². The molecule has 0 saturated heterocycles. The van der Waals surface area contributed by atoms with E-state index in [9.17, 15) is 4.39 Å². The summed E-state index contributed by atoms with van der Waals surface area (Å²) in [6.07, 6.45) is 0.830. The third-order valence-electron chi connectivity index (χ3n) is 3.22. The predicted octanol–water partition coefficient (Wildman–Crippen LogP) is 4.08. The molecule has 0 aliphatic rings. The summed E-state index contributed by atoms with van der Waals surface area (Å²) >= 11 is 5.34. The fourth-order valence-corrected chi connectivity index (χ4v) is 2.52. The lowest BCUT2D eigenvalue weighted by Crippen LogP contribution is -2.01. The molecule has 2 nitrogen and oxygen atoms in total. The largest absolute Gasteiger partial charge is 0.331 e. The zero-order valence-corrected chi connectivity index (χ0v) is 11.1. The molecule has 0 radical (unpaired) electrons. The lowest BCUT2D eigenvalue weighted by atomic mass is 10.1. The molecule has 3 rings (SSSR count). The first-order valence-corrected chi connectivity index (χ1v) is 6.57. The van der Waals surface area contributed by atoms with Crippen molar-refractivity contribution in [2.75, 3.05) is 0 Å². The molecule has 0 amide bonds. The number of halogens is 1. The maximum absolute atomic E-state index is 12.8. The minimum absolute atomic E-state index is 0.201. The van der Waals surface area contributed by atoms with Gasteiger partial charge in [0.25, 0.3) is 0 Å². The number of hydrogen-bond acceptors (Lipinski definition) is 1. The number of benzene rings is 2. The Bertz CT molecular complexity index is 756. The highest BCUT2D eigenvalue weighted by atomic mass is 32.1. The van der Waals surface area contributed by atoms with Crippen molar-refractivity contribution in [3.05, 3.63) is 64.7 Å². The van der Waals surface area contributed by atoms with Crippen LogP contribution in [0, 0.1) is 10.6 Å². The van der Waals surface area contributed by atoms with E-state index in [4.69, 9.17) is 12.2 Å². The first-order valence-electron chi connectivity index (χ1n) is 6.16. The Morgan fingerprint density at radius 1 is 1.05 bits per heavy atom. The van der Waals surface area contributed by atoms with E-state index in [1.165, 1.54) is 12.1 Å². The summed E-state index contributed by atoms with van der Waals surface area (Å²) in [5.41, 5.74) is 3.26. The first kappa shape index (κ1) is 12.1. The predicted molar refractivity (Wildman–Crippen MR) is 77.2 cm³/mol. The molecule has 4 heteroatoms. The van der Waals surface area contributed by atoms with Gasteiger partial charge >= 0.3 is 0 Å². The summed E-state index contributed by atoms with van der Waals surface area (Å²) in [6, 6.07) is 14.7. The van der Waals surface area contributed by atoms with Gasteiger partial charge in [-0.1, -0.05) is 24.3 Å². The van der Waals surface area contributed by atoms with Gasteiger partial charge in [0.1, 0.15) is 5.82 Å². The van der Waals surface area contributed by atoms with Crippen molar-refractivity contribution in [2.45, 2.75) is 13.0 Å². The van der Waals surface area contributed by atoms with Gasteiger partial charge in [-0.15, -0.1) is 0 Å². The summed E-state index contributed by atoms with van der Waals surface area (Å²) in [7, 11) is 0. The summed E-state index contributed by atoms with van der Waals surface area (Å²) in [6.45, 7) is 0.786. The molecule has 0 aliphatic heterocycles. The first-order chi connectivity index (χ1) is 9.24. The number of aromatic nitrogens is 2. The van der Waals surface area contributed by atoms with Gasteiger partial charge in [0.2, 0.25) is 0 Å². The molecule has 0 atom stereocenters. The van der Waals surface area contributed by atoms with Crippen LogP contribution in [0.2, 0.25) is 0 Å². The number of aromatic amines is 1. The Morgan fingerprint density at radius 3 is 2.58 bits per heavy atom. The molecule has 1 N–H and O–H groups in total. The highest BCUT2D eigenvalue weighted by molar-refractivity contribution is 7.71. The van der Waals surface area contributed by atoms with Crippen LogP contribution in [0.15, 0.2) is 48.5 Å². The minimum Gasteiger partial charge on any atom is -0.331 e. The van der Waals surface area contributed by atoms with Crippen LogP contribution in [0.25, 0.3) is 11.0 Å². The number of aryl methyl sites for hydroxylation is 2. The highest BCUT2D eigenvalue weighted by Crippen LogP contribution is 2.14. The monoisotopic (exact) mass is 272 g/mol. The van der Waals surface area contributed by atoms with Crippen molar-refractivity contribution in [3.8, 4) is 0 Å². The van der Waals surface area contributed by atoms with Crippen molar-refractivity contribution in [2.24, 2.45) is 0 Å². The number of hydrogen-bond donors (Lipinski definition) is 1. The van der Waals surface area contributed by atoms with E-state index in [1.807, 2.05) is 36.4 Å². The third kappa shape index (κ3) is 2.44. The standard InChI is InChI=1S/C15H13FN2S/c16-12-7-5-11(6-8-12)9-10-18-14-4-2-1-3-13(14)17-15(18)19/h1-8H,9-10H2,(H,17,19). The van der Waals surface area contributed by atoms with Crippen LogP contribution in [0.1, 0.15) is 5.56 Å². The van der Waals surface area contributed by atoms with E-state index < -0.39 is 0 Å². The molecule has 3 aromatic rings. The maximum Gasteiger partial charge on any atom is 0.178 e. The Kier molecular flexibility index (Phi) is 3.17. The van der Waals surface area contributed by atoms with Crippen LogP contribution in [-0.4, -0.2) is 9.55 Å². The van der Waals surface area contributed by atoms with E-state index in [0.29, 0.717) is 0 Å². The summed E-state index contributed by atoms with van der Waals surface area (Å²) in [5.74, 6) is -0.201. The fourth-order valence-electron chi connectivity index (χ4n) is 2.22. The molecule has 19 heavy (non-hydrogen) atoms. The summed E-state index contributed by atoms with van der Waals surface area (Å²) in [5, 5.41) is 0. The number of fused-ring (bicyclic) bond motifs is 1. The summed E-state index contributed by atoms with van der Waals surface area (Å²) < 4.78 is 15.6. The number of rotatable bonds is 3. The van der Waals surface area contributed by atoms with E-state index in [2.05, 4.69) is 9.55 Å². The smallest absolute Gasteiger partial charge is 0.178 e. The molecular formula is C15H13FN2S.